The van der Waals surface area contributed by atoms with Crippen LogP contribution in [0.15, 0.2) is 45.8 Å². The number of sulfonamides is 1. The average Bonchev–Trinajstić information content (AvgIpc) is 2.42. The molecule has 7 heteroatoms. The van der Waals surface area contributed by atoms with Gasteiger partial charge < -0.3 is 5.73 Å². The van der Waals surface area contributed by atoms with E-state index in [-0.39, 0.29) is 17.0 Å². The Morgan fingerprint density at radius 2 is 1.95 bits per heavy atom. The normalized spacial score (nSPS) is 11.6. The number of benzene rings is 2. The monoisotopic (exact) mass is 372 g/mol. The van der Waals surface area contributed by atoms with Crippen LogP contribution in [0.2, 0.25) is 0 Å². The van der Waals surface area contributed by atoms with Gasteiger partial charge in [0.1, 0.15) is 5.82 Å². The number of nitrogens with two attached hydrogens (primary N) is 1. The van der Waals surface area contributed by atoms with Gasteiger partial charge in [-0.25, -0.2) is 17.5 Å². The average molecular weight is 373 g/mol. The first-order valence-electron chi connectivity index (χ1n) is 6.10. The minimum Gasteiger partial charge on any atom is -0.398 e. The van der Waals surface area contributed by atoms with Crippen molar-refractivity contribution < 1.29 is 12.8 Å². The molecule has 2 aromatic carbocycles. The number of nitrogens with one attached hydrogen (secondary N) is 1. The first kappa shape index (κ1) is 15.9. The van der Waals surface area contributed by atoms with E-state index in [1.54, 1.807) is 25.1 Å². The standard InChI is InChI=1S/C14H14BrFN2O2S/c1-9-13(17)6-11(15)7-14(9)21(19,20)18-8-10-4-2-3-5-12(10)16/h2-7,18H,8,17H2,1H3. The van der Waals surface area contributed by atoms with Crippen molar-refractivity contribution in [2.45, 2.75) is 18.4 Å². The highest BCUT2D eigenvalue weighted by atomic mass is 79.9. The second-order valence-corrected chi connectivity index (χ2v) is 7.19. The molecule has 0 atom stereocenters. The van der Waals surface area contributed by atoms with Crippen molar-refractivity contribution in [1.82, 2.24) is 4.72 Å². The Morgan fingerprint density at radius 3 is 2.62 bits per heavy atom. The number of hydrogen-bond donors (Lipinski definition) is 2. The van der Waals surface area contributed by atoms with Gasteiger partial charge in [-0.15, -0.1) is 0 Å². The number of nitrogen functional groups attached to an aromatic ring is 1. The Hall–Kier alpha value is -1.44. The maximum absolute atomic E-state index is 13.5. The molecule has 0 saturated heterocycles. The van der Waals surface area contributed by atoms with Crippen molar-refractivity contribution in [2.24, 2.45) is 0 Å². The van der Waals surface area contributed by atoms with E-state index in [9.17, 15) is 12.8 Å². The van der Waals surface area contributed by atoms with Gasteiger partial charge in [-0.2, -0.15) is 0 Å². The van der Waals surface area contributed by atoms with Gasteiger partial charge in [0.05, 0.1) is 4.90 Å². The van der Waals surface area contributed by atoms with Gasteiger partial charge in [-0.3, -0.25) is 0 Å². The van der Waals surface area contributed by atoms with Crippen LogP contribution in [0.4, 0.5) is 10.1 Å². The summed E-state index contributed by atoms with van der Waals surface area (Å²) in [6.07, 6.45) is 0. The van der Waals surface area contributed by atoms with E-state index in [1.807, 2.05) is 0 Å². The van der Waals surface area contributed by atoms with E-state index in [1.165, 1.54) is 18.2 Å². The molecule has 0 aliphatic heterocycles. The second-order valence-electron chi connectivity index (χ2n) is 4.53. The largest absolute Gasteiger partial charge is 0.398 e. The molecule has 2 rings (SSSR count). The van der Waals surface area contributed by atoms with Crippen molar-refractivity contribution in [3.63, 3.8) is 0 Å². The lowest BCUT2D eigenvalue weighted by Crippen LogP contribution is -2.24. The summed E-state index contributed by atoms with van der Waals surface area (Å²) in [4.78, 5) is 0.0747. The van der Waals surface area contributed by atoms with Crippen molar-refractivity contribution in [1.29, 1.82) is 0 Å². The lowest BCUT2D eigenvalue weighted by Gasteiger charge is -2.12. The van der Waals surface area contributed by atoms with Crippen LogP contribution >= 0.6 is 15.9 Å². The van der Waals surface area contributed by atoms with E-state index in [0.29, 0.717) is 15.7 Å². The summed E-state index contributed by atoms with van der Waals surface area (Å²) in [6, 6.07) is 9.11. The summed E-state index contributed by atoms with van der Waals surface area (Å²) in [6.45, 7) is 1.50. The fourth-order valence-corrected chi connectivity index (χ4v) is 3.78. The molecule has 0 spiro atoms. The highest BCUT2D eigenvalue weighted by Gasteiger charge is 2.19. The Labute approximate surface area is 131 Å². The van der Waals surface area contributed by atoms with Crippen LogP contribution in [-0.4, -0.2) is 8.42 Å². The molecule has 4 nitrogen and oxygen atoms in total. The molecule has 0 bridgehead atoms. The zero-order valence-electron chi connectivity index (χ0n) is 11.2. The smallest absolute Gasteiger partial charge is 0.241 e. The van der Waals surface area contributed by atoms with E-state index in [0.717, 1.165) is 0 Å². The Kier molecular flexibility index (Phi) is 4.65. The molecule has 0 unspecified atom stereocenters. The summed E-state index contributed by atoms with van der Waals surface area (Å²) >= 11 is 3.22. The number of halogens is 2. The molecule has 0 amide bonds. The molecule has 0 saturated carbocycles. The summed E-state index contributed by atoms with van der Waals surface area (Å²) in [7, 11) is -3.78. The van der Waals surface area contributed by atoms with Crippen molar-refractivity contribution in [3.05, 3.63) is 57.8 Å². The van der Waals surface area contributed by atoms with Crippen LogP contribution in [0.25, 0.3) is 0 Å². The topological polar surface area (TPSA) is 72.2 Å². The van der Waals surface area contributed by atoms with Gasteiger partial charge in [0.2, 0.25) is 10.0 Å². The maximum atomic E-state index is 13.5. The highest BCUT2D eigenvalue weighted by Crippen LogP contribution is 2.26. The van der Waals surface area contributed by atoms with Gasteiger partial charge in [0.15, 0.2) is 0 Å². The lowest BCUT2D eigenvalue weighted by atomic mass is 10.2. The first-order valence-corrected chi connectivity index (χ1v) is 8.37. The molecular formula is C14H14BrFN2O2S. The van der Waals surface area contributed by atoms with E-state index < -0.39 is 15.8 Å². The zero-order chi connectivity index (χ0) is 15.6. The third kappa shape index (κ3) is 3.61. The Bertz CT molecular complexity index is 779. The summed E-state index contributed by atoms with van der Waals surface area (Å²) in [5.41, 5.74) is 6.88. The van der Waals surface area contributed by atoms with Crippen molar-refractivity contribution in [3.8, 4) is 0 Å². The molecule has 0 aliphatic carbocycles. The lowest BCUT2D eigenvalue weighted by molar-refractivity contribution is 0.574. The number of hydrogen-bond acceptors (Lipinski definition) is 3. The Balaban J connectivity index is 2.30. The molecule has 0 aromatic heterocycles. The molecule has 0 heterocycles. The molecule has 0 radical (unpaired) electrons. The Morgan fingerprint density at radius 1 is 1.29 bits per heavy atom. The summed E-state index contributed by atoms with van der Waals surface area (Å²) < 4.78 is 41.1. The van der Waals surface area contributed by atoms with Crippen molar-refractivity contribution >= 4 is 31.6 Å². The van der Waals surface area contributed by atoms with Crippen molar-refractivity contribution in [2.75, 3.05) is 5.73 Å². The predicted octanol–water partition coefficient (Wildman–Crippen LogP) is 2.96. The van der Waals surface area contributed by atoms with Gasteiger partial charge in [0.25, 0.3) is 0 Å². The van der Waals surface area contributed by atoms with Crippen LogP contribution < -0.4 is 10.5 Å². The van der Waals surface area contributed by atoms with Crippen LogP contribution in [-0.2, 0) is 16.6 Å². The van der Waals surface area contributed by atoms with E-state index in [4.69, 9.17) is 5.73 Å². The van der Waals surface area contributed by atoms with E-state index in [2.05, 4.69) is 20.7 Å². The zero-order valence-corrected chi connectivity index (χ0v) is 13.6. The third-order valence-corrected chi connectivity index (χ3v) is 5.05. The van der Waals surface area contributed by atoms with Crippen LogP contribution in [0.1, 0.15) is 11.1 Å². The van der Waals surface area contributed by atoms with Crippen LogP contribution in [0.3, 0.4) is 0 Å². The summed E-state index contributed by atoms with van der Waals surface area (Å²) in [5, 5.41) is 0. The molecule has 0 aliphatic rings. The summed E-state index contributed by atoms with van der Waals surface area (Å²) in [5.74, 6) is -0.453. The fraction of sp³-hybridized carbons (Fsp3) is 0.143. The first-order chi connectivity index (χ1) is 9.81. The van der Waals surface area contributed by atoms with Crippen LogP contribution in [0, 0.1) is 12.7 Å². The SMILES string of the molecule is Cc1c(N)cc(Br)cc1S(=O)(=O)NCc1ccccc1F. The van der Waals surface area contributed by atoms with Gasteiger partial charge in [0, 0.05) is 22.3 Å². The third-order valence-electron chi connectivity index (χ3n) is 3.06. The quantitative estimate of drug-likeness (QED) is 0.810. The molecule has 21 heavy (non-hydrogen) atoms. The maximum Gasteiger partial charge on any atom is 0.241 e. The highest BCUT2D eigenvalue weighted by molar-refractivity contribution is 9.10. The molecule has 3 N–H and O–H groups in total. The number of anilines is 1. The predicted molar refractivity (Wildman–Crippen MR) is 83.7 cm³/mol. The minimum absolute atomic E-state index is 0.0747. The van der Waals surface area contributed by atoms with Crippen LogP contribution in [0.5, 0.6) is 0 Å². The second kappa shape index (κ2) is 6.13. The fourth-order valence-electron chi connectivity index (χ4n) is 1.85. The van der Waals surface area contributed by atoms with E-state index >= 15 is 0 Å². The molecular weight excluding hydrogens is 359 g/mol. The molecule has 2 aromatic rings. The number of rotatable bonds is 4. The molecule has 112 valence electrons. The van der Waals surface area contributed by atoms with Gasteiger partial charge in [-0.1, -0.05) is 34.1 Å². The van der Waals surface area contributed by atoms with Gasteiger partial charge >= 0.3 is 0 Å². The van der Waals surface area contributed by atoms with Gasteiger partial charge in [-0.05, 0) is 30.7 Å². The minimum atomic E-state index is -3.78. The molecule has 0 fully saturated rings.